The summed E-state index contributed by atoms with van der Waals surface area (Å²) >= 11 is 14.0. The number of anilines is 1. The number of fused-ring (bicyclic) bond motifs is 1. The van der Waals surface area contributed by atoms with Crippen LogP contribution >= 0.6 is 34.5 Å². The van der Waals surface area contributed by atoms with Gasteiger partial charge in [-0.15, -0.1) is 21.5 Å². The van der Waals surface area contributed by atoms with Crippen molar-refractivity contribution < 1.29 is 4.39 Å². The van der Waals surface area contributed by atoms with Crippen molar-refractivity contribution in [3.63, 3.8) is 0 Å². The van der Waals surface area contributed by atoms with Crippen LogP contribution in [-0.4, -0.2) is 26.3 Å². The van der Waals surface area contributed by atoms with Crippen LogP contribution in [0.4, 0.5) is 10.1 Å². The van der Waals surface area contributed by atoms with E-state index in [1.54, 1.807) is 18.2 Å². The Morgan fingerprint density at radius 1 is 1.10 bits per heavy atom. The van der Waals surface area contributed by atoms with E-state index in [-0.39, 0.29) is 11.9 Å². The molecular weight excluding hydrogens is 444 g/mol. The predicted octanol–water partition coefficient (Wildman–Crippen LogP) is 6.10. The molecule has 0 bridgehead atoms. The maximum absolute atomic E-state index is 13.7. The molecule has 5 nitrogen and oxygen atoms in total. The first-order chi connectivity index (χ1) is 14.5. The third-order valence-corrected chi connectivity index (χ3v) is 6.93. The SMILES string of the molecule is CC1c2nnc(-c3csc(-c4cccc(Cl)c4Cl)n3)n2CCN1c1cccc(F)c1. The molecule has 30 heavy (non-hydrogen) atoms. The Morgan fingerprint density at radius 2 is 1.93 bits per heavy atom. The molecule has 0 aliphatic carbocycles. The molecule has 0 fully saturated rings. The van der Waals surface area contributed by atoms with Crippen molar-refractivity contribution in [2.24, 2.45) is 0 Å². The zero-order valence-corrected chi connectivity index (χ0v) is 18.2. The molecule has 0 radical (unpaired) electrons. The number of halogens is 3. The Balaban J connectivity index is 1.48. The second-order valence-electron chi connectivity index (χ2n) is 7.02. The molecule has 0 saturated carbocycles. The van der Waals surface area contributed by atoms with Crippen molar-refractivity contribution in [3.8, 4) is 22.1 Å². The third-order valence-electron chi connectivity index (χ3n) is 5.24. The summed E-state index contributed by atoms with van der Waals surface area (Å²) in [5, 5.41) is 12.5. The van der Waals surface area contributed by atoms with E-state index in [2.05, 4.69) is 19.7 Å². The maximum Gasteiger partial charge on any atom is 0.183 e. The van der Waals surface area contributed by atoms with Crippen LogP contribution in [0.2, 0.25) is 10.0 Å². The second-order valence-corrected chi connectivity index (χ2v) is 8.67. The molecule has 5 rings (SSSR count). The molecule has 2 aromatic carbocycles. The fraction of sp³-hybridized carbons (Fsp3) is 0.190. The van der Waals surface area contributed by atoms with Gasteiger partial charge in [-0.1, -0.05) is 41.4 Å². The van der Waals surface area contributed by atoms with Crippen LogP contribution in [0.1, 0.15) is 18.8 Å². The summed E-state index contributed by atoms with van der Waals surface area (Å²) in [5.41, 5.74) is 2.38. The summed E-state index contributed by atoms with van der Waals surface area (Å²) in [4.78, 5) is 6.87. The number of hydrogen-bond donors (Lipinski definition) is 0. The summed E-state index contributed by atoms with van der Waals surface area (Å²) < 4.78 is 15.8. The molecular formula is C21H16Cl2FN5S. The topological polar surface area (TPSA) is 46.8 Å². The number of aromatic nitrogens is 4. The molecule has 9 heteroatoms. The van der Waals surface area contributed by atoms with Crippen LogP contribution in [0.25, 0.3) is 22.1 Å². The molecule has 0 saturated heterocycles. The van der Waals surface area contributed by atoms with Gasteiger partial charge in [-0.3, -0.25) is 0 Å². The fourth-order valence-corrected chi connectivity index (χ4v) is 5.03. The highest BCUT2D eigenvalue weighted by molar-refractivity contribution is 7.13. The van der Waals surface area contributed by atoms with E-state index in [4.69, 9.17) is 28.2 Å². The zero-order valence-electron chi connectivity index (χ0n) is 15.9. The summed E-state index contributed by atoms with van der Waals surface area (Å²) in [7, 11) is 0. The monoisotopic (exact) mass is 459 g/mol. The van der Waals surface area contributed by atoms with E-state index in [0.717, 1.165) is 40.1 Å². The Kier molecular flexibility index (Phi) is 4.97. The van der Waals surface area contributed by atoms with Crippen molar-refractivity contribution >= 4 is 40.2 Å². The first-order valence-corrected chi connectivity index (χ1v) is 11.0. The quantitative estimate of drug-likeness (QED) is 0.371. The molecule has 4 aromatic rings. The third kappa shape index (κ3) is 3.27. The van der Waals surface area contributed by atoms with Gasteiger partial charge in [-0.25, -0.2) is 9.37 Å². The van der Waals surface area contributed by atoms with Crippen molar-refractivity contribution in [3.05, 3.63) is 69.5 Å². The number of thiazole rings is 1. The Labute approximate surface area is 186 Å². The molecule has 1 unspecified atom stereocenters. The van der Waals surface area contributed by atoms with Gasteiger partial charge in [0.05, 0.1) is 16.1 Å². The average Bonchev–Trinajstić information content (AvgIpc) is 3.38. The average molecular weight is 460 g/mol. The number of nitrogens with zero attached hydrogens (tertiary/aromatic N) is 5. The number of rotatable bonds is 3. The van der Waals surface area contributed by atoms with Crippen molar-refractivity contribution in [2.75, 3.05) is 11.4 Å². The molecule has 0 N–H and O–H groups in total. The summed E-state index contributed by atoms with van der Waals surface area (Å²) in [5.74, 6) is 1.30. The molecule has 1 aliphatic rings. The summed E-state index contributed by atoms with van der Waals surface area (Å²) in [6.07, 6.45) is 0. The summed E-state index contributed by atoms with van der Waals surface area (Å²) in [6.45, 7) is 3.45. The van der Waals surface area contributed by atoms with Crippen molar-refractivity contribution in [1.29, 1.82) is 0 Å². The van der Waals surface area contributed by atoms with Gasteiger partial charge in [-0.2, -0.15) is 0 Å². The molecule has 0 spiro atoms. The highest BCUT2D eigenvalue weighted by Crippen LogP contribution is 2.37. The summed E-state index contributed by atoms with van der Waals surface area (Å²) in [6, 6.07) is 12.1. The molecule has 3 heterocycles. The first-order valence-electron chi connectivity index (χ1n) is 9.38. The van der Waals surface area contributed by atoms with Gasteiger partial charge in [0.1, 0.15) is 16.5 Å². The molecule has 1 atom stereocenters. The van der Waals surface area contributed by atoms with Crippen molar-refractivity contribution in [1.82, 2.24) is 19.7 Å². The highest BCUT2D eigenvalue weighted by Gasteiger charge is 2.29. The largest absolute Gasteiger partial charge is 0.360 e. The minimum absolute atomic E-state index is 0.0396. The van der Waals surface area contributed by atoms with E-state index >= 15 is 0 Å². The minimum Gasteiger partial charge on any atom is -0.360 e. The van der Waals surface area contributed by atoms with Gasteiger partial charge in [0, 0.05) is 29.7 Å². The van der Waals surface area contributed by atoms with Crippen LogP contribution in [0.5, 0.6) is 0 Å². The maximum atomic E-state index is 13.7. The number of hydrogen-bond acceptors (Lipinski definition) is 5. The highest BCUT2D eigenvalue weighted by atomic mass is 35.5. The van der Waals surface area contributed by atoms with Crippen LogP contribution in [0.3, 0.4) is 0 Å². The normalized spacial score (nSPS) is 16.0. The van der Waals surface area contributed by atoms with E-state index in [9.17, 15) is 4.39 Å². The van der Waals surface area contributed by atoms with E-state index in [0.29, 0.717) is 16.6 Å². The molecule has 2 aromatic heterocycles. The molecule has 1 aliphatic heterocycles. The van der Waals surface area contributed by atoms with E-state index in [1.165, 1.54) is 17.4 Å². The Hall–Kier alpha value is -2.48. The van der Waals surface area contributed by atoms with Gasteiger partial charge in [-0.05, 0) is 31.2 Å². The second kappa shape index (κ2) is 7.65. The zero-order chi connectivity index (χ0) is 20.8. The van der Waals surface area contributed by atoms with Gasteiger partial charge in [0.15, 0.2) is 11.6 Å². The lowest BCUT2D eigenvalue weighted by Gasteiger charge is -2.35. The van der Waals surface area contributed by atoms with Gasteiger partial charge >= 0.3 is 0 Å². The lowest BCUT2D eigenvalue weighted by Crippen LogP contribution is -2.37. The number of benzene rings is 2. The van der Waals surface area contributed by atoms with Crippen LogP contribution in [0, 0.1) is 5.82 Å². The Bertz CT molecular complexity index is 1240. The lowest BCUT2D eigenvalue weighted by molar-refractivity contribution is 0.497. The minimum atomic E-state index is -0.248. The van der Waals surface area contributed by atoms with Crippen LogP contribution < -0.4 is 4.90 Å². The van der Waals surface area contributed by atoms with Crippen LogP contribution in [0.15, 0.2) is 47.8 Å². The Morgan fingerprint density at radius 3 is 2.77 bits per heavy atom. The first kappa shape index (κ1) is 19.5. The lowest BCUT2D eigenvalue weighted by atomic mass is 10.1. The van der Waals surface area contributed by atoms with Gasteiger partial charge in [0.25, 0.3) is 0 Å². The fourth-order valence-electron chi connectivity index (χ4n) is 3.75. The molecule has 152 valence electrons. The smallest absolute Gasteiger partial charge is 0.183 e. The van der Waals surface area contributed by atoms with Gasteiger partial charge in [0.2, 0.25) is 0 Å². The van der Waals surface area contributed by atoms with Crippen LogP contribution in [-0.2, 0) is 6.54 Å². The van der Waals surface area contributed by atoms with Gasteiger partial charge < -0.3 is 9.47 Å². The standard InChI is InChI=1S/C21H16Cl2FN5S/c1-12-19-26-27-20(29(19)9-8-28(12)14-5-2-4-13(24)10-14)17-11-30-21(25-17)15-6-3-7-16(22)18(15)23/h2-7,10-12H,8-9H2,1H3. The van der Waals surface area contributed by atoms with E-state index < -0.39 is 0 Å². The van der Waals surface area contributed by atoms with Crippen molar-refractivity contribution in [2.45, 2.75) is 19.5 Å². The molecule has 0 amide bonds. The van der Waals surface area contributed by atoms with E-state index in [1.807, 2.05) is 30.5 Å². The predicted molar refractivity (Wildman–Crippen MR) is 119 cm³/mol.